The van der Waals surface area contributed by atoms with E-state index in [2.05, 4.69) is 69.4 Å². The van der Waals surface area contributed by atoms with Gasteiger partial charge in [-0.25, -0.2) is 4.79 Å². The summed E-state index contributed by atoms with van der Waals surface area (Å²) in [5, 5.41) is 31.3. The summed E-state index contributed by atoms with van der Waals surface area (Å²) in [5.74, 6) is -3.29. The molecule has 71 heavy (non-hydrogen) atoms. The van der Waals surface area contributed by atoms with Gasteiger partial charge < -0.3 is 39.0 Å². The van der Waals surface area contributed by atoms with E-state index in [0.29, 0.717) is 19.3 Å². The third kappa shape index (κ3) is 37.6. The average Bonchev–Trinajstić information content (AvgIpc) is 3.35. The van der Waals surface area contributed by atoms with Crippen molar-refractivity contribution in [3.05, 3.63) is 72.9 Å². The largest absolute Gasteiger partial charge is 0.479 e. The highest BCUT2D eigenvalue weighted by Gasteiger charge is 2.50. The Bertz CT molecular complexity index is 1510. The molecule has 0 aromatic heterocycles. The van der Waals surface area contributed by atoms with Crippen LogP contribution in [0.25, 0.3) is 0 Å². The Kier molecular flexibility index (Phi) is 43.3. The van der Waals surface area contributed by atoms with Crippen LogP contribution in [0.3, 0.4) is 0 Å². The van der Waals surface area contributed by atoms with Gasteiger partial charge in [0, 0.05) is 12.8 Å². The van der Waals surface area contributed by atoms with Crippen molar-refractivity contribution in [3.63, 3.8) is 0 Å². The minimum Gasteiger partial charge on any atom is -0.479 e. The second-order valence-corrected chi connectivity index (χ2v) is 18.9. The van der Waals surface area contributed by atoms with Crippen LogP contribution in [0.5, 0.6) is 0 Å². The number of unbranched alkanes of at least 4 members (excludes halogenated alkanes) is 21. The smallest absolute Gasteiger partial charge is 0.335 e. The normalized spacial score (nSPS) is 19.0. The van der Waals surface area contributed by atoms with Crippen LogP contribution in [0.4, 0.5) is 0 Å². The molecule has 1 aliphatic heterocycles. The Morgan fingerprint density at radius 3 is 1.41 bits per heavy atom. The van der Waals surface area contributed by atoms with E-state index in [0.717, 1.165) is 83.5 Å². The highest BCUT2D eigenvalue weighted by molar-refractivity contribution is 5.74. The van der Waals surface area contributed by atoms with Gasteiger partial charge in [0.1, 0.15) is 18.8 Å². The van der Waals surface area contributed by atoms with Crippen LogP contribution in [-0.4, -0.2) is 89.2 Å². The average molecular weight is 999 g/mol. The summed E-state index contributed by atoms with van der Waals surface area (Å²) in [6.07, 6.45) is 46.2. The van der Waals surface area contributed by atoms with E-state index in [-0.39, 0.29) is 25.9 Å². The fourth-order valence-electron chi connectivity index (χ4n) is 8.03. The molecule has 1 fully saturated rings. The molecule has 406 valence electrons. The predicted molar refractivity (Wildman–Crippen MR) is 285 cm³/mol. The van der Waals surface area contributed by atoms with Gasteiger partial charge in [-0.1, -0.05) is 209 Å². The Balaban J connectivity index is 2.76. The van der Waals surface area contributed by atoms with Gasteiger partial charge in [-0.3, -0.25) is 14.4 Å². The number of rotatable bonds is 46. The molecule has 0 aromatic rings. The first-order chi connectivity index (χ1) is 34.6. The number of allylic oxidation sites excluding steroid dienone is 11. The van der Waals surface area contributed by atoms with Crippen molar-refractivity contribution in [2.45, 2.75) is 263 Å². The number of aliphatic hydroxyl groups excluding tert-OH is 2. The van der Waals surface area contributed by atoms with Crippen molar-refractivity contribution in [1.82, 2.24) is 0 Å². The lowest BCUT2D eigenvalue weighted by atomic mass is 9.98. The second-order valence-electron chi connectivity index (χ2n) is 18.9. The molecule has 0 radical (unpaired) electrons. The zero-order valence-electron chi connectivity index (χ0n) is 44.4. The number of carboxylic acid groups (broad SMARTS) is 1. The summed E-state index contributed by atoms with van der Waals surface area (Å²) in [7, 11) is 0. The molecule has 12 heteroatoms. The Labute approximate surface area is 429 Å². The number of carbonyl (C=O) groups excluding carboxylic acids is 3. The Morgan fingerprint density at radius 2 is 0.930 bits per heavy atom. The van der Waals surface area contributed by atoms with Gasteiger partial charge in [-0.2, -0.15) is 0 Å². The van der Waals surface area contributed by atoms with Gasteiger partial charge >= 0.3 is 23.9 Å². The fraction of sp³-hybridized carbons (Fsp3) is 0.729. The van der Waals surface area contributed by atoms with Crippen LogP contribution in [-0.2, 0) is 42.9 Å². The minimum atomic E-state index is -1.93. The lowest BCUT2D eigenvalue weighted by Crippen LogP contribution is -2.61. The SMILES string of the molecule is CC/C=C\C/C=C\C/C=C\C/C=C\C/C=C\CC(=O)OC1C(OCC(COC(=O)CCCCCCC/C=C\CCCCCCCC)OC(=O)CCCCCCCCCCCCC)OC(C(=O)O)C(O)C1O. The first-order valence-electron chi connectivity index (χ1n) is 27.9. The lowest BCUT2D eigenvalue weighted by molar-refractivity contribution is -0.301. The number of carbonyl (C=O) groups is 4. The van der Waals surface area contributed by atoms with Crippen LogP contribution in [0, 0.1) is 0 Å². The molecule has 1 rings (SSSR count). The minimum absolute atomic E-state index is 0.151. The number of aliphatic hydroxyl groups is 2. The van der Waals surface area contributed by atoms with Crippen molar-refractivity contribution >= 4 is 23.9 Å². The monoisotopic (exact) mass is 999 g/mol. The van der Waals surface area contributed by atoms with E-state index in [9.17, 15) is 34.5 Å². The highest BCUT2D eigenvalue weighted by Crippen LogP contribution is 2.26. The maximum absolute atomic E-state index is 13.1. The molecule has 0 spiro atoms. The van der Waals surface area contributed by atoms with Crippen molar-refractivity contribution in [3.8, 4) is 0 Å². The number of aliphatic carboxylic acids is 1. The molecule has 1 heterocycles. The van der Waals surface area contributed by atoms with E-state index in [4.69, 9.17) is 23.7 Å². The van der Waals surface area contributed by atoms with E-state index < -0.39 is 67.3 Å². The standard InChI is InChI=1S/C59H98O12/c1-4-7-10-13-16-19-22-24-26-28-31-33-36-39-42-45-51(60)67-48-50(69-52(61)46-43-40-37-34-30-21-18-15-12-9-6-3)49-68-59-57(55(64)54(63)56(71-59)58(65)66)70-53(62)47-44-41-38-35-32-29-27-25-23-20-17-14-11-8-5-2/h8,11,17,20,24-27,32,35,41,44,50,54-57,59,63-64H,4-7,9-10,12-16,18-19,21-23,28-31,33-34,36-40,42-43,45-49H2,1-3H3,(H,65,66)/b11-8-,20-17-,26-24-,27-25-,35-32-,44-41-. The van der Waals surface area contributed by atoms with Crippen LogP contribution >= 0.6 is 0 Å². The molecule has 1 aliphatic rings. The van der Waals surface area contributed by atoms with Gasteiger partial charge in [-0.05, 0) is 70.6 Å². The first-order valence-corrected chi connectivity index (χ1v) is 27.9. The zero-order chi connectivity index (χ0) is 51.8. The number of hydrogen-bond donors (Lipinski definition) is 3. The second kappa shape index (κ2) is 47.2. The van der Waals surface area contributed by atoms with Crippen LogP contribution in [0.1, 0.15) is 226 Å². The number of ether oxygens (including phenoxy) is 5. The Hall–Kier alpha value is -3.84. The summed E-state index contributed by atoms with van der Waals surface area (Å²) in [5.41, 5.74) is 0. The van der Waals surface area contributed by atoms with Gasteiger partial charge in [0.2, 0.25) is 0 Å². The number of carboxylic acids is 1. The molecule has 12 nitrogen and oxygen atoms in total. The maximum Gasteiger partial charge on any atom is 0.335 e. The quantitative estimate of drug-likeness (QED) is 0.0228. The van der Waals surface area contributed by atoms with E-state index in [1.807, 2.05) is 12.2 Å². The molecular weight excluding hydrogens is 901 g/mol. The van der Waals surface area contributed by atoms with Gasteiger partial charge in [0.05, 0.1) is 13.0 Å². The van der Waals surface area contributed by atoms with Crippen LogP contribution in [0.2, 0.25) is 0 Å². The van der Waals surface area contributed by atoms with Gasteiger partial charge in [0.15, 0.2) is 24.6 Å². The van der Waals surface area contributed by atoms with E-state index in [1.165, 1.54) is 83.5 Å². The van der Waals surface area contributed by atoms with Gasteiger partial charge in [0.25, 0.3) is 0 Å². The van der Waals surface area contributed by atoms with Crippen molar-refractivity contribution in [2.24, 2.45) is 0 Å². The zero-order valence-corrected chi connectivity index (χ0v) is 44.4. The molecular formula is C59H98O12. The van der Waals surface area contributed by atoms with E-state index >= 15 is 0 Å². The Morgan fingerprint density at radius 1 is 0.493 bits per heavy atom. The van der Waals surface area contributed by atoms with Crippen LogP contribution < -0.4 is 0 Å². The highest BCUT2D eigenvalue weighted by atomic mass is 16.7. The summed E-state index contributed by atoms with van der Waals surface area (Å²) >= 11 is 0. The molecule has 0 aliphatic carbocycles. The molecule has 0 bridgehead atoms. The summed E-state index contributed by atoms with van der Waals surface area (Å²) < 4.78 is 28.2. The third-order valence-corrected chi connectivity index (χ3v) is 12.3. The topological polar surface area (TPSA) is 175 Å². The van der Waals surface area contributed by atoms with Crippen molar-refractivity contribution in [2.75, 3.05) is 13.2 Å². The third-order valence-electron chi connectivity index (χ3n) is 12.3. The molecule has 6 atom stereocenters. The summed E-state index contributed by atoms with van der Waals surface area (Å²) in [6.45, 7) is 5.80. The molecule has 0 amide bonds. The molecule has 0 aromatic carbocycles. The summed E-state index contributed by atoms with van der Waals surface area (Å²) in [6, 6.07) is 0. The predicted octanol–water partition coefficient (Wildman–Crippen LogP) is 13.8. The fourth-order valence-corrected chi connectivity index (χ4v) is 8.03. The van der Waals surface area contributed by atoms with E-state index in [1.54, 1.807) is 12.2 Å². The first kappa shape index (κ1) is 65.2. The molecule has 3 N–H and O–H groups in total. The lowest BCUT2D eigenvalue weighted by Gasteiger charge is -2.40. The summed E-state index contributed by atoms with van der Waals surface area (Å²) in [4.78, 5) is 50.9. The molecule has 6 unspecified atom stereocenters. The van der Waals surface area contributed by atoms with Gasteiger partial charge in [-0.15, -0.1) is 0 Å². The van der Waals surface area contributed by atoms with Crippen molar-refractivity contribution in [1.29, 1.82) is 0 Å². The number of hydrogen-bond acceptors (Lipinski definition) is 11. The van der Waals surface area contributed by atoms with Crippen LogP contribution in [0.15, 0.2) is 72.9 Å². The van der Waals surface area contributed by atoms with Crippen molar-refractivity contribution < 1.29 is 58.2 Å². The maximum atomic E-state index is 13.1. The number of esters is 3. The molecule has 0 saturated carbocycles. The molecule has 1 saturated heterocycles.